The molecule has 0 N–H and O–H groups in total. The molecule has 6 heteroatoms. The van der Waals surface area contributed by atoms with Crippen LogP contribution < -0.4 is 4.90 Å². The maximum absolute atomic E-state index is 12.9. The summed E-state index contributed by atoms with van der Waals surface area (Å²) >= 11 is 1.91. The molecule has 5 rings (SSSR count). The highest BCUT2D eigenvalue weighted by Crippen LogP contribution is 2.40. The van der Waals surface area contributed by atoms with Crippen molar-refractivity contribution in [1.82, 2.24) is 14.9 Å². The topological polar surface area (TPSA) is 49.3 Å². The number of hydrogen-bond donors (Lipinski definition) is 0. The zero-order valence-electron chi connectivity index (χ0n) is 19.2. The molecule has 0 bridgehead atoms. The van der Waals surface area contributed by atoms with Crippen molar-refractivity contribution in [2.75, 3.05) is 31.1 Å². The van der Waals surface area contributed by atoms with E-state index >= 15 is 0 Å². The molecule has 0 spiro atoms. The summed E-state index contributed by atoms with van der Waals surface area (Å²) in [4.78, 5) is 30.4. The smallest absolute Gasteiger partial charge is 0.225 e. The van der Waals surface area contributed by atoms with Crippen LogP contribution >= 0.6 is 11.3 Å². The van der Waals surface area contributed by atoms with Gasteiger partial charge in [0.1, 0.15) is 16.5 Å². The standard InChI is InChI=1S/C25H36N4OS/c1-3-17(2)22-26-23(21-19-11-5-4-6-12-20(19)31-24(21)27-22)28-13-15-29(16-14-28)25(30)18-9-7-8-10-18/h17-18H,3-16H2,1-2H3/t17-/m0/s1. The third-order valence-corrected chi connectivity index (χ3v) is 8.90. The van der Waals surface area contributed by atoms with E-state index < -0.39 is 0 Å². The number of thiophene rings is 1. The maximum atomic E-state index is 12.9. The van der Waals surface area contributed by atoms with E-state index in [0.717, 1.165) is 63.5 Å². The average molecular weight is 441 g/mol. The van der Waals surface area contributed by atoms with Gasteiger partial charge < -0.3 is 9.80 Å². The van der Waals surface area contributed by atoms with Crippen molar-refractivity contribution in [3.05, 3.63) is 16.3 Å². The number of hydrogen-bond acceptors (Lipinski definition) is 5. The summed E-state index contributed by atoms with van der Waals surface area (Å²) < 4.78 is 0. The Bertz CT molecular complexity index is 941. The molecule has 2 fully saturated rings. The van der Waals surface area contributed by atoms with E-state index in [1.165, 1.54) is 54.3 Å². The number of aryl methyl sites for hydroxylation is 2. The number of anilines is 1. The fourth-order valence-corrected chi connectivity index (χ4v) is 6.80. The third kappa shape index (κ3) is 4.08. The quantitative estimate of drug-likeness (QED) is 0.604. The predicted octanol–water partition coefficient (Wildman–Crippen LogP) is 5.31. The van der Waals surface area contributed by atoms with Gasteiger partial charge in [-0.1, -0.05) is 33.1 Å². The van der Waals surface area contributed by atoms with Crippen LogP contribution in [0.15, 0.2) is 0 Å². The van der Waals surface area contributed by atoms with Crippen LogP contribution in [0.4, 0.5) is 5.82 Å². The fraction of sp³-hybridized carbons (Fsp3) is 0.720. The van der Waals surface area contributed by atoms with Gasteiger partial charge in [-0.3, -0.25) is 4.79 Å². The van der Waals surface area contributed by atoms with Gasteiger partial charge in [-0.15, -0.1) is 11.3 Å². The summed E-state index contributed by atoms with van der Waals surface area (Å²) in [6, 6.07) is 0. The Labute approximate surface area is 190 Å². The maximum Gasteiger partial charge on any atom is 0.225 e. The molecule has 168 valence electrons. The van der Waals surface area contributed by atoms with Crippen LogP contribution in [0.3, 0.4) is 0 Å². The van der Waals surface area contributed by atoms with Crippen molar-refractivity contribution in [2.45, 2.75) is 84.0 Å². The number of carbonyl (C=O) groups excluding carboxylic acids is 1. The van der Waals surface area contributed by atoms with Crippen LogP contribution in [-0.2, 0) is 17.6 Å². The minimum absolute atomic E-state index is 0.280. The Morgan fingerprint density at radius 1 is 1.03 bits per heavy atom. The van der Waals surface area contributed by atoms with Crippen molar-refractivity contribution < 1.29 is 4.79 Å². The first-order chi connectivity index (χ1) is 15.2. The number of piperazine rings is 1. The summed E-state index contributed by atoms with van der Waals surface area (Å²) in [5, 5.41) is 1.32. The van der Waals surface area contributed by atoms with Gasteiger partial charge in [0.15, 0.2) is 0 Å². The van der Waals surface area contributed by atoms with Crippen molar-refractivity contribution in [3.8, 4) is 0 Å². The molecular formula is C25H36N4OS. The van der Waals surface area contributed by atoms with E-state index in [2.05, 4.69) is 23.6 Å². The fourth-order valence-electron chi connectivity index (χ4n) is 5.53. The average Bonchev–Trinajstić information content (AvgIpc) is 3.40. The number of aromatic nitrogens is 2. The summed E-state index contributed by atoms with van der Waals surface area (Å²) in [5.74, 6) is 3.19. The minimum Gasteiger partial charge on any atom is -0.352 e. The first kappa shape index (κ1) is 21.2. The number of carbonyl (C=O) groups is 1. The molecule has 0 aromatic carbocycles. The Hall–Kier alpha value is -1.69. The van der Waals surface area contributed by atoms with Crippen molar-refractivity contribution >= 4 is 33.3 Å². The lowest BCUT2D eigenvalue weighted by Crippen LogP contribution is -2.50. The van der Waals surface area contributed by atoms with E-state index in [1.54, 1.807) is 4.88 Å². The van der Waals surface area contributed by atoms with Gasteiger partial charge in [-0.05, 0) is 50.5 Å². The van der Waals surface area contributed by atoms with E-state index in [-0.39, 0.29) is 5.92 Å². The van der Waals surface area contributed by atoms with Gasteiger partial charge in [-0.25, -0.2) is 9.97 Å². The highest BCUT2D eigenvalue weighted by molar-refractivity contribution is 7.19. The molecule has 1 saturated carbocycles. The molecule has 3 heterocycles. The zero-order chi connectivity index (χ0) is 21.4. The summed E-state index contributed by atoms with van der Waals surface area (Å²) in [6.07, 6.45) is 11.9. The van der Waals surface area contributed by atoms with Crippen molar-refractivity contribution in [2.24, 2.45) is 5.92 Å². The lowest BCUT2D eigenvalue weighted by Gasteiger charge is -2.37. The number of nitrogens with zero attached hydrogens (tertiary/aromatic N) is 4. The second kappa shape index (κ2) is 9.05. The van der Waals surface area contributed by atoms with Gasteiger partial charge in [0, 0.05) is 42.9 Å². The summed E-state index contributed by atoms with van der Waals surface area (Å²) in [6.45, 7) is 7.87. The van der Waals surface area contributed by atoms with E-state index in [0.29, 0.717) is 11.8 Å². The second-order valence-electron chi connectivity index (χ2n) is 9.75. The number of fused-ring (bicyclic) bond motifs is 3. The molecule has 0 unspecified atom stereocenters. The van der Waals surface area contributed by atoms with E-state index in [4.69, 9.17) is 9.97 Å². The second-order valence-corrected chi connectivity index (χ2v) is 10.8. The monoisotopic (exact) mass is 440 g/mol. The van der Waals surface area contributed by atoms with E-state index in [1.807, 2.05) is 11.3 Å². The molecule has 1 atom stereocenters. The highest BCUT2D eigenvalue weighted by atomic mass is 32.1. The molecule has 0 radical (unpaired) electrons. The molecule has 1 saturated heterocycles. The Kier molecular flexibility index (Phi) is 6.18. The lowest BCUT2D eigenvalue weighted by molar-refractivity contribution is -0.135. The zero-order valence-corrected chi connectivity index (χ0v) is 20.0. The Balaban J connectivity index is 1.45. The van der Waals surface area contributed by atoms with Gasteiger partial charge >= 0.3 is 0 Å². The SMILES string of the molecule is CC[C@H](C)c1nc(N2CCN(C(=O)C3CCCC3)CC2)c2c3c(sc2n1)CCCCC3. The van der Waals surface area contributed by atoms with E-state index in [9.17, 15) is 4.79 Å². The third-order valence-electron chi connectivity index (χ3n) is 7.71. The molecular weight excluding hydrogens is 404 g/mol. The van der Waals surface area contributed by atoms with Crippen LogP contribution in [0, 0.1) is 5.92 Å². The minimum atomic E-state index is 0.280. The van der Waals surface area contributed by atoms with Crippen LogP contribution in [-0.4, -0.2) is 47.0 Å². The lowest BCUT2D eigenvalue weighted by atomic mass is 10.0. The van der Waals surface area contributed by atoms with Crippen LogP contribution in [0.25, 0.3) is 10.2 Å². The molecule has 2 aromatic rings. The Morgan fingerprint density at radius 3 is 2.52 bits per heavy atom. The van der Waals surface area contributed by atoms with Gasteiger partial charge in [-0.2, -0.15) is 0 Å². The van der Waals surface area contributed by atoms with Gasteiger partial charge in [0.25, 0.3) is 0 Å². The summed E-state index contributed by atoms with van der Waals surface area (Å²) in [5.41, 5.74) is 1.52. The Morgan fingerprint density at radius 2 is 1.77 bits per heavy atom. The van der Waals surface area contributed by atoms with Crippen LogP contribution in [0.1, 0.15) is 87.4 Å². The van der Waals surface area contributed by atoms with Crippen LogP contribution in [0.5, 0.6) is 0 Å². The molecule has 2 aromatic heterocycles. The normalized spacial score (nSPS) is 21.4. The van der Waals surface area contributed by atoms with Crippen LogP contribution in [0.2, 0.25) is 0 Å². The molecule has 2 aliphatic carbocycles. The van der Waals surface area contributed by atoms with Crippen molar-refractivity contribution in [3.63, 3.8) is 0 Å². The number of rotatable bonds is 4. The highest BCUT2D eigenvalue weighted by Gasteiger charge is 2.31. The number of amides is 1. The first-order valence-electron chi connectivity index (χ1n) is 12.5. The molecule has 31 heavy (non-hydrogen) atoms. The predicted molar refractivity (Wildman–Crippen MR) is 128 cm³/mol. The van der Waals surface area contributed by atoms with Gasteiger partial charge in [0.2, 0.25) is 5.91 Å². The van der Waals surface area contributed by atoms with Gasteiger partial charge in [0.05, 0.1) is 5.39 Å². The molecule has 3 aliphatic rings. The first-order valence-corrected chi connectivity index (χ1v) is 13.3. The molecule has 1 aliphatic heterocycles. The molecule has 1 amide bonds. The molecule has 5 nitrogen and oxygen atoms in total. The van der Waals surface area contributed by atoms with Crippen molar-refractivity contribution in [1.29, 1.82) is 0 Å². The summed E-state index contributed by atoms with van der Waals surface area (Å²) in [7, 11) is 0. The largest absolute Gasteiger partial charge is 0.352 e.